The number of thiazole rings is 1. The van der Waals surface area contributed by atoms with Crippen molar-refractivity contribution in [2.24, 2.45) is 5.73 Å². The third-order valence-corrected chi connectivity index (χ3v) is 4.49. The summed E-state index contributed by atoms with van der Waals surface area (Å²) in [6, 6.07) is 0.460. The summed E-state index contributed by atoms with van der Waals surface area (Å²) in [6.07, 6.45) is 1.89. The average Bonchev–Trinajstić information content (AvgIpc) is 2.69. The maximum absolute atomic E-state index is 6.12. The molecule has 17 heavy (non-hydrogen) atoms. The largest absolute Gasteiger partial charge is 0.324 e. The molecule has 0 amide bonds. The van der Waals surface area contributed by atoms with Gasteiger partial charge < -0.3 is 5.73 Å². The fourth-order valence-corrected chi connectivity index (χ4v) is 3.98. The van der Waals surface area contributed by atoms with Crippen LogP contribution < -0.4 is 5.73 Å². The van der Waals surface area contributed by atoms with Crippen LogP contribution in [-0.2, 0) is 0 Å². The number of rotatable bonds is 3. The lowest BCUT2D eigenvalue weighted by molar-refractivity contribution is 0.182. The molecule has 1 saturated heterocycles. The molecular formula is C11H20ClN3S2. The van der Waals surface area contributed by atoms with Gasteiger partial charge in [-0.1, -0.05) is 0 Å². The van der Waals surface area contributed by atoms with E-state index in [1.54, 1.807) is 11.3 Å². The molecule has 1 aliphatic heterocycles. The van der Waals surface area contributed by atoms with Crippen molar-refractivity contribution in [3.05, 3.63) is 16.6 Å². The van der Waals surface area contributed by atoms with E-state index in [4.69, 9.17) is 5.73 Å². The summed E-state index contributed by atoms with van der Waals surface area (Å²) in [6.45, 7) is 6.24. The topological polar surface area (TPSA) is 42.1 Å². The van der Waals surface area contributed by atoms with Crippen molar-refractivity contribution in [1.82, 2.24) is 9.88 Å². The molecule has 0 radical (unpaired) electrons. The molecule has 1 unspecified atom stereocenters. The van der Waals surface area contributed by atoms with Crippen LogP contribution in [0.3, 0.4) is 0 Å². The monoisotopic (exact) mass is 293 g/mol. The Bertz CT molecular complexity index is 324. The standard InChI is InChI=1S/C11H19N3S2.ClH/c1-11(2,12)8-14-4-6-15-7-9(14)10-13-3-5-16-10;/h3,5,9H,4,6-8,12H2,1-2H3;1H. The second kappa shape index (κ2) is 6.38. The average molecular weight is 294 g/mol. The summed E-state index contributed by atoms with van der Waals surface area (Å²) in [5.41, 5.74) is 5.99. The Morgan fingerprint density at radius 1 is 1.59 bits per heavy atom. The first-order valence-corrected chi connectivity index (χ1v) is 7.60. The molecule has 2 rings (SSSR count). The molecule has 1 atom stereocenters. The highest BCUT2D eigenvalue weighted by Crippen LogP contribution is 2.31. The first-order chi connectivity index (χ1) is 7.56. The van der Waals surface area contributed by atoms with E-state index in [0.29, 0.717) is 6.04 Å². The highest BCUT2D eigenvalue weighted by molar-refractivity contribution is 7.99. The van der Waals surface area contributed by atoms with Gasteiger partial charge in [0, 0.05) is 41.7 Å². The summed E-state index contributed by atoms with van der Waals surface area (Å²) < 4.78 is 0. The van der Waals surface area contributed by atoms with Gasteiger partial charge in [0.05, 0.1) is 6.04 Å². The van der Waals surface area contributed by atoms with Crippen LogP contribution in [-0.4, -0.2) is 40.0 Å². The number of hydrogen-bond donors (Lipinski definition) is 1. The minimum Gasteiger partial charge on any atom is -0.324 e. The molecular weight excluding hydrogens is 274 g/mol. The van der Waals surface area contributed by atoms with Gasteiger partial charge >= 0.3 is 0 Å². The van der Waals surface area contributed by atoms with E-state index in [1.807, 2.05) is 18.0 Å². The molecule has 1 aromatic rings. The van der Waals surface area contributed by atoms with Gasteiger partial charge in [0.25, 0.3) is 0 Å². The highest BCUT2D eigenvalue weighted by Gasteiger charge is 2.29. The van der Waals surface area contributed by atoms with Crippen molar-refractivity contribution in [2.75, 3.05) is 24.6 Å². The van der Waals surface area contributed by atoms with Crippen molar-refractivity contribution in [2.45, 2.75) is 25.4 Å². The van der Waals surface area contributed by atoms with Crippen LogP contribution in [0.4, 0.5) is 0 Å². The maximum Gasteiger partial charge on any atom is 0.111 e. The molecule has 0 aliphatic carbocycles. The van der Waals surface area contributed by atoms with E-state index in [2.05, 4.69) is 29.1 Å². The Kier molecular flexibility index (Phi) is 5.73. The highest BCUT2D eigenvalue weighted by atomic mass is 35.5. The van der Waals surface area contributed by atoms with Crippen molar-refractivity contribution in [3.8, 4) is 0 Å². The minimum atomic E-state index is -0.127. The zero-order valence-corrected chi connectivity index (χ0v) is 12.7. The fraction of sp³-hybridized carbons (Fsp3) is 0.727. The predicted molar refractivity (Wildman–Crippen MR) is 79.3 cm³/mol. The lowest BCUT2D eigenvalue weighted by Gasteiger charge is -2.38. The molecule has 2 heterocycles. The van der Waals surface area contributed by atoms with E-state index >= 15 is 0 Å². The van der Waals surface area contributed by atoms with Crippen LogP contribution in [0.25, 0.3) is 0 Å². The third-order valence-electron chi connectivity index (χ3n) is 2.59. The zero-order chi connectivity index (χ0) is 11.6. The van der Waals surface area contributed by atoms with E-state index in [-0.39, 0.29) is 17.9 Å². The van der Waals surface area contributed by atoms with Gasteiger partial charge in [-0.15, -0.1) is 23.7 Å². The van der Waals surface area contributed by atoms with Crippen LogP contribution in [0.15, 0.2) is 11.6 Å². The summed E-state index contributed by atoms with van der Waals surface area (Å²) in [5.74, 6) is 2.35. The minimum absolute atomic E-state index is 0. The van der Waals surface area contributed by atoms with E-state index in [1.165, 1.54) is 10.8 Å². The second-order valence-corrected chi connectivity index (χ2v) is 7.00. The third kappa shape index (κ3) is 4.41. The molecule has 2 N–H and O–H groups in total. The van der Waals surface area contributed by atoms with Crippen LogP contribution in [0.2, 0.25) is 0 Å². The van der Waals surface area contributed by atoms with Gasteiger partial charge in [0.2, 0.25) is 0 Å². The van der Waals surface area contributed by atoms with Gasteiger partial charge in [-0.2, -0.15) is 11.8 Å². The normalized spacial score (nSPS) is 22.2. The van der Waals surface area contributed by atoms with Crippen LogP contribution >= 0.6 is 35.5 Å². The number of hydrogen-bond acceptors (Lipinski definition) is 5. The number of halogens is 1. The lowest BCUT2D eigenvalue weighted by Crippen LogP contribution is -2.49. The summed E-state index contributed by atoms with van der Waals surface area (Å²) in [4.78, 5) is 6.92. The molecule has 3 nitrogen and oxygen atoms in total. The number of aromatic nitrogens is 1. The van der Waals surface area contributed by atoms with Crippen molar-refractivity contribution in [3.63, 3.8) is 0 Å². The SMILES string of the molecule is CC(C)(N)CN1CCSCC1c1nccs1.Cl. The Morgan fingerprint density at radius 3 is 2.94 bits per heavy atom. The van der Waals surface area contributed by atoms with E-state index < -0.39 is 0 Å². The molecule has 0 aromatic carbocycles. The number of thioether (sulfide) groups is 1. The van der Waals surface area contributed by atoms with Gasteiger partial charge in [0.1, 0.15) is 5.01 Å². The molecule has 1 aliphatic rings. The van der Waals surface area contributed by atoms with Gasteiger partial charge in [-0.05, 0) is 13.8 Å². The van der Waals surface area contributed by atoms with Crippen LogP contribution in [0, 0.1) is 0 Å². The molecule has 0 spiro atoms. The van der Waals surface area contributed by atoms with Gasteiger partial charge in [0.15, 0.2) is 0 Å². The quantitative estimate of drug-likeness (QED) is 0.929. The van der Waals surface area contributed by atoms with Crippen molar-refractivity contribution in [1.29, 1.82) is 0 Å². The maximum atomic E-state index is 6.12. The Morgan fingerprint density at radius 2 is 2.35 bits per heavy atom. The number of nitrogens with zero attached hydrogens (tertiary/aromatic N) is 2. The second-order valence-electron chi connectivity index (χ2n) is 4.92. The molecule has 6 heteroatoms. The summed E-state index contributed by atoms with van der Waals surface area (Å²) in [7, 11) is 0. The number of nitrogens with two attached hydrogens (primary N) is 1. The Hall–Kier alpha value is 0.190. The fourth-order valence-electron chi connectivity index (χ4n) is 1.98. The summed E-state index contributed by atoms with van der Waals surface area (Å²) >= 11 is 3.77. The Labute approximate surface area is 118 Å². The molecule has 0 saturated carbocycles. The molecule has 1 fully saturated rings. The summed E-state index contributed by atoms with van der Waals surface area (Å²) in [5, 5.41) is 3.29. The molecule has 98 valence electrons. The van der Waals surface area contributed by atoms with Crippen LogP contribution in [0.5, 0.6) is 0 Å². The molecule has 0 bridgehead atoms. The van der Waals surface area contributed by atoms with E-state index in [0.717, 1.165) is 18.8 Å². The zero-order valence-electron chi connectivity index (χ0n) is 10.3. The smallest absolute Gasteiger partial charge is 0.111 e. The first kappa shape index (κ1) is 15.2. The Balaban J connectivity index is 0.00000144. The van der Waals surface area contributed by atoms with Crippen molar-refractivity contribution >= 4 is 35.5 Å². The van der Waals surface area contributed by atoms with Gasteiger partial charge in [-0.25, -0.2) is 4.98 Å². The predicted octanol–water partition coefficient (Wildman–Crippen LogP) is 2.39. The first-order valence-electron chi connectivity index (χ1n) is 5.56. The van der Waals surface area contributed by atoms with Crippen molar-refractivity contribution < 1.29 is 0 Å². The lowest BCUT2D eigenvalue weighted by atomic mass is 10.1. The van der Waals surface area contributed by atoms with E-state index in [9.17, 15) is 0 Å². The molecule has 1 aromatic heterocycles. The van der Waals surface area contributed by atoms with Crippen LogP contribution in [0.1, 0.15) is 24.9 Å². The van der Waals surface area contributed by atoms with Gasteiger partial charge in [-0.3, -0.25) is 4.90 Å².